The van der Waals surface area contributed by atoms with Crippen LogP contribution in [0.2, 0.25) is 0 Å². The molecule has 140 valence electrons. The normalized spacial score (nSPS) is 13.1. The van der Waals surface area contributed by atoms with E-state index in [4.69, 9.17) is 10.4 Å². The number of carboxylic acids is 1. The number of hydrogen-bond acceptors (Lipinski definition) is 3. The number of carboxylic acid groups (broad SMARTS) is 1. The summed E-state index contributed by atoms with van der Waals surface area (Å²) >= 11 is 0. The van der Waals surface area contributed by atoms with Crippen molar-refractivity contribution in [2.24, 2.45) is 0 Å². The highest BCUT2D eigenvalue weighted by Gasteiger charge is 2.07. The van der Waals surface area contributed by atoms with Crippen LogP contribution in [0.3, 0.4) is 0 Å². The van der Waals surface area contributed by atoms with E-state index in [1.54, 1.807) is 12.2 Å². The molecule has 0 rings (SSSR count). The van der Waals surface area contributed by atoms with Crippen molar-refractivity contribution in [1.82, 2.24) is 0 Å². The lowest BCUT2D eigenvalue weighted by molar-refractivity contribution is -0.281. The SMILES string of the molecule is CCCCCC(CCCCCCCCCC=CC=CC(=O)O)OO. The Morgan fingerprint density at radius 2 is 1.50 bits per heavy atom. The Bertz CT molecular complexity index is 337. The Hall–Kier alpha value is -1.13. The minimum atomic E-state index is -0.905. The number of aliphatic carboxylic acids is 1. The van der Waals surface area contributed by atoms with Gasteiger partial charge in [-0.2, -0.15) is 0 Å². The Labute approximate surface area is 147 Å². The average Bonchev–Trinajstić information content (AvgIpc) is 2.57. The van der Waals surface area contributed by atoms with E-state index < -0.39 is 5.97 Å². The number of rotatable bonds is 17. The molecule has 0 aliphatic heterocycles. The molecule has 0 radical (unpaired) electrons. The molecule has 1 unspecified atom stereocenters. The summed E-state index contributed by atoms with van der Waals surface area (Å²) in [6.07, 6.45) is 21.6. The van der Waals surface area contributed by atoms with E-state index >= 15 is 0 Å². The molecule has 0 aliphatic carbocycles. The van der Waals surface area contributed by atoms with Crippen molar-refractivity contribution in [3.8, 4) is 0 Å². The molecule has 0 saturated carbocycles. The molecule has 0 fully saturated rings. The van der Waals surface area contributed by atoms with Crippen molar-refractivity contribution in [1.29, 1.82) is 0 Å². The van der Waals surface area contributed by atoms with Gasteiger partial charge in [-0.15, -0.1) is 0 Å². The van der Waals surface area contributed by atoms with E-state index in [-0.39, 0.29) is 6.10 Å². The van der Waals surface area contributed by atoms with E-state index in [1.165, 1.54) is 44.9 Å². The Morgan fingerprint density at radius 1 is 0.917 bits per heavy atom. The van der Waals surface area contributed by atoms with Gasteiger partial charge in [-0.05, 0) is 25.7 Å². The van der Waals surface area contributed by atoms with Gasteiger partial charge < -0.3 is 5.11 Å². The number of unbranched alkanes of at least 4 members (excludes halogenated alkanes) is 9. The summed E-state index contributed by atoms with van der Waals surface area (Å²) in [5.74, 6) is -0.905. The first-order chi connectivity index (χ1) is 11.7. The first kappa shape index (κ1) is 22.9. The van der Waals surface area contributed by atoms with Crippen LogP contribution in [0.4, 0.5) is 0 Å². The topological polar surface area (TPSA) is 66.8 Å². The number of allylic oxidation sites excluding steroid dienone is 3. The van der Waals surface area contributed by atoms with Gasteiger partial charge in [0.15, 0.2) is 0 Å². The zero-order chi connectivity index (χ0) is 17.9. The van der Waals surface area contributed by atoms with Crippen LogP contribution < -0.4 is 0 Å². The second-order valence-corrected chi connectivity index (χ2v) is 6.40. The second kappa shape index (κ2) is 18.2. The van der Waals surface area contributed by atoms with Crippen LogP contribution in [0.1, 0.15) is 90.4 Å². The van der Waals surface area contributed by atoms with Crippen molar-refractivity contribution in [2.75, 3.05) is 0 Å². The molecule has 0 spiro atoms. The monoisotopic (exact) mass is 340 g/mol. The summed E-state index contributed by atoms with van der Waals surface area (Å²) in [7, 11) is 0. The molecule has 0 aromatic heterocycles. The van der Waals surface area contributed by atoms with Gasteiger partial charge >= 0.3 is 5.97 Å². The minimum Gasteiger partial charge on any atom is -0.478 e. The van der Waals surface area contributed by atoms with E-state index in [0.29, 0.717) is 0 Å². The summed E-state index contributed by atoms with van der Waals surface area (Å²) in [6.45, 7) is 2.18. The van der Waals surface area contributed by atoms with Crippen molar-refractivity contribution in [2.45, 2.75) is 96.5 Å². The maximum atomic E-state index is 10.3. The fourth-order valence-corrected chi connectivity index (χ4v) is 2.70. The van der Waals surface area contributed by atoms with E-state index in [0.717, 1.165) is 44.6 Å². The quantitative estimate of drug-likeness (QED) is 0.110. The maximum Gasteiger partial charge on any atom is 0.328 e. The first-order valence-corrected chi connectivity index (χ1v) is 9.57. The van der Waals surface area contributed by atoms with Gasteiger partial charge in [0, 0.05) is 6.08 Å². The average molecular weight is 341 g/mol. The summed E-state index contributed by atoms with van der Waals surface area (Å²) in [4.78, 5) is 14.8. The third-order valence-electron chi connectivity index (χ3n) is 4.16. The fourth-order valence-electron chi connectivity index (χ4n) is 2.70. The molecular weight excluding hydrogens is 304 g/mol. The van der Waals surface area contributed by atoms with Gasteiger partial charge in [0.1, 0.15) is 0 Å². The predicted molar refractivity (Wildman–Crippen MR) is 99.1 cm³/mol. The summed E-state index contributed by atoms with van der Waals surface area (Å²) in [5, 5.41) is 17.3. The van der Waals surface area contributed by atoms with E-state index in [1.807, 2.05) is 6.08 Å². The molecule has 0 aliphatic rings. The molecule has 24 heavy (non-hydrogen) atoms. The Balaban J connectivity index is 3.34. The maximum absolute atomic E-state index is 10.3. The second-order valence-electron chi connectivity index (χ2n) is 6.40. The van der Waals surface area contributed by atoms with Crippen LogP contribution in [0.15, 0.2) is 24.3 Å². The van der Waals surface area contributed by atoms with Crippen LogP contribution in [0.25, 0.3) is 0 Å². The van der Waals surface area contributed by atoms with Crippen LogP contribution in [0.5, 0.6) is 0 Å². The van der Waals surface area contributed by atoms with Gasteiger partial charge in [-0.1, -0.05) is 82.9 Å². The van der Waals surface area contributed by atoms with Crippen LogP contribution in [0, 0.1) is 0 Å². The Morgan fingerprint density at radius 3 is 2.08 bits per heavy atom. The largest absolute Gasteiger partial charge is 0.478 e. The Kier molecular flexibility index (Phi) is 17.4. The van der Waals surface area contributed by atoms with Gasteiger partial charge in [0.05, 0.1) is 6.10 Å². The lowest BCUT2D eigenvalue weighted by atomic mass is 10.0. The standard InChI is InChI=1S/C20H36O4/c1-2-3-13-16-19(24-23)17-14-11-9-7-5-4-6-8-10-12-15-18-20(21)22/h10,12,15,18-19,23H,2-9,11,13-14,16-17H2,1H3,(H,21,22). The minimum absolute atomic E-state index is 0.0264. The van der Waals surface area contributed by atoms with Crippen LogP contribution in [-0.2, 0) is 9.68 Å². The molecule has 0 amide bonds. The molecule has 0 aromatic rings. The molecule has 0 aromatic carbocycles. The highest BCUT2D eigenvalue weighted by molar-refractivity contribution is 5.80. The van der Waals surface area contributed by atoms with Crippen molar-refractivity contribution in [3.05, 3.63) is 24.3 Å². The van der Waals surface area contributed by atoms with Crippen molar-refractivity contribution >= 4 is 5.97 Å². The molecule has 1 atom stereocenters. The molecule has 2 N–H and O–H groups in total. The van der Waals surface area contributed by atoms with E-state index in [2.05, 4.69) is 11.8 Å². The van der Waals surface area contributed by atoms with Gasteiger partial charge in [0.2, 0.25) is 0 Å². The van der Waals surface area contributed by atoms with Crippen LogP contribution >= 0.6 is 0 Å². The highest BCUT2D eigenvalue weighted by atomic mass is 17.1. The number of carbonyl (C=O) groups is 1. The summed E-state index contributed by atoms with van der Waals surface area (Å²) < 4.78 is 0. The zero-order valence-corrected chi connectivity index (χ0v) is 15.3. The fraction of sp³-hybridized carbons (Fsp3) is 0.750. The van der Waals surface area contributed by atoms with Gasteiger partial charge in [-0.3, -0.25) is 5.26 Å². The summed E-state index contributed by atoms with van der Waals surface area (Å²) in [6, 6.07) is 0. The lowest BCUT2D eigenvalue weighted by Crippen LogP contribution is -2.10. The van der Waals surface area contributed by atoms with Crippen molar-refractivity contribution in [3.63, 3.8) is 0 Å². The van der Waals surface area contributed by atoms with Gasteiger partial charge in [0.25, 0.3) is 0 Å². The predicted octanol–water partition coefficient (Wildman–Crippen LogP) is 6.13. The molecular formula is C20H36O4. The highest BCUT2D eigenvalue weighted by Crippen LogP contribution is 2.15. The smallest absolute Gasteiger partial charge is 0.328 e. The van der Waals surface area contributed by atoms with Gasteiger partial charge in [-0.25, -0.2) is 9.68 Å². The molecule has 0 heterocycles. The lowest BCUT2D eigenvalue weighted by Gasteiger charge is -2.12. The zero-order valence-electron chi connectivity index (χ0n) is 15.3. The molecule has 4 nitrogen and oxygen atoms in total. The third kappa shape index (κ3) is 17.2. The van der Waals surface area contributed by atoms with E-state index in [9.17, 15) is 4.79 Å². The molecule has 0 saturated heterocycles. The summed E-state index contributed by atoms with van der Waals surface area (Å²) in [5.41, 5.74) is 0. The molecule has 4 heteroatoms. The number of hydrogen-bond donors (Lipinski definition) is 2. The van der Waals surface area contributed by atoms with Crippen LogP contribution in [-0.4, -0.2) is 22.4 Å². The van der Waals surface area contributed by atoms with Crippen molar-refractivity contribution < 1.29 is 20.0 Å². The first-order valence-electron chi connectivity index (χ1n) is 9.57. The molecule has 0 bridgehead atoms. The third-order valence-corrected chi connectivity index (χ3v) is 4.16.